The minimum atomic E-state index is -4.44. The van der Waals surface area contributed by atoms with Gasteiger partial charge in [0.25, 0.3) is 0 Å². The molecule has 3 nitrogen and oxygen atoms in total. The average Bonchev–Trinajstić information content (AvgIpc) is 2.58. The molecule has 1 saturated heterocycles. The second-order valence-corrected chi connectivity index (χ2v) is 7.75. The molecule has 1 aliphatic heterocycles. The molecule has 1 aliphatic rings. The van der Waals surface area contributed by atoms with Gasteiger partial charge in [0.2, 0.25) is 0 Å². The van der Waals surface area contributed by atoms with E-state index in [9.17, 15) is 13.2 Å². The summed E-state index contributed by atoms with van der Waals surface area (Å²) in [7, 11) is 1.32. The van der Waals surface area contributed by atoms with Crippen molar-refractivity contribution in [2.45, 2.75) is 46.2 Å². The summed E-state index contributed by atoms with van der Waals surface area (Å²) in [6.45, 7) is 11.9. The van der Waals surface area contributed by atoms with Gasteiger partial charge in [0.1, 0.15) is 11.3 Å². The third-order valence-electron chi connectivity index (χ3n) is 5.01. The lowest BCUT2D eigenvalue weighted by molar-refractivity contribution is -0.138. The molecular weight excluding hydrogens is 341 g/mol. The van der Waals surface area contributed by atoms with Gasteiger partial charge in [-0.15, -0.1) is 0 Å². The maximum absolute atomic E-state index is 13.9. The van der Waals surface area contributed by atoms with Crippen molar-refractivity contribution in [2.75, 3.05) is 44.7 Å². The fraction of sp³-hybridized carbons (Fsp3) is 0.700. The Morgan fingerprint density at radius 3 is 2.12 bits per heavy atom. The van der Waals surface area contributed by atoms with Crippen LogP contribution in [0, 0.1) is 5.92 Å². The SMILES string of the molecule is COc1c(C(C)C)ccc(N2CCN(CCC(C)C)CC2)c1C(F)(F)F. The molecule has 0 atom stereocenters. The van der Waals surface area contributed by atoms with Gasteiger partial charge in [0.05, 0.1) is 12.8 Å². The molecule has 0 amide bonds. The molecule has 26 heavy (non-hydrogen) atoms. The lowest BCUT2D eigenvalue weighted by Crippen LogP contribution is -2.47. The van der Waals surface area contributed by atoms with Crippen LogP contribution in [0.4, 0.5) is 18.9 Å². The Hall–Kier alpha value is -1.43. The van der Waals surface area contributed by atoms with E-state index in [-0.39, 0.29) is 17.4 Å². The maximum atomic E-state index is 13.9. The Morgan fingerprint density at radius 2 is 1.65 bits per heavy atom. The fourth-order valence-corrected chi connectivity index (χ4v) is 3.45. The Morgan fingerprint density at radius 1 is 1.04 bits per heavy atom. The first-order valence-corrected chi connectivity index (χ1v) is 9.40. The van der Waals surface area contributed by atoms with E-state index in [1.807, 2.05) is 18.7 Å². The fourth-order valence-electron chi connectivity index (χ4n) is 3.45. The van der Waals surface area contributed by atoms with Gasteiger partial charge in [-0.1, -0.05) is 33.8 Å². The number of nitrogens with zero attached hydrogens (tertiary/aromatic N) is 2. The Labute approximate surface area is 155 Å². The summed E-state index contributed by atoms with van der Waals surface area (Å²) >= 11 is 0. The minimum Gasteiger partial charge on any atom is -0.496 e. The van der Waals surface area contributed by atoms with Crippen LogP contribution < -0.4 is 9.64 Å². The second kappa shape index (κ2) is 8.51. The van der Waals surface area contributed by atoms with Gasteiger partial charge in [-0.25, -0.2) is 0 Å². The van der Waals surface area contributed by atoms with E-state index in [1.54, 1.807) is 12.1 Å². The van der Waals surface area contributed by atoms with Gasteiger partial charge in [-0.05, 0) is 36.4 Å². The van der Waals surface area contributed by atoms with Gasteiger partial charge < -0.3 is 9.64 Å². The molecule has 1 heterocycles. The third kappa shape index (κ3) is 4.84. The monoisotopic (exact) mass is 372 g/mol. The molecular formula is C20H31F3N2O. The molecule has 0 unspecified atom stereocenters. The van der Waals surface area contributed by atoms with Crippen molar-refractivity contribution >= 4 is 5.69 Å². The summed E-state index contributed by atoms with van der Waals surface area (Å²) in [6.07, 6.45) is -3.33. The Balaban J connectivity index is 2.27. The summed E-state index contributed by atoms with van der Waals surface area (Å²) in [4.78, 5) is 4.19. The predicted octanol–water partition coefficient (Wildman–Crippen LogP) is 5.01. The molecule has 1 aromatic carbocycles. The molecule has 0 saturated carbocycles. The van der Waals surface area contributed by atoms with Crippen molar-refractivity contribution in [1.82, 2.24) is 4.90 Å². The lowest BCUT2D eigenvalue weighted by Gasteiger charge is -2.38. The van der Waals surface area contributed by atoms with Gasteiger partial charge in [-0.2, -0.15) is 13.2 Å². The van der Waals surface area contributed by atoms with Crippen molar-refractivity contribution in [3.63, 3.8) is 0 Å². The molecule has 6 heteroatoms. The first-order valence-electron chi connectivity index (χ1n) is 9.40. The van der Waals surface area contributed by atoms with Gasteiger partial charge in [0, 0.05) is 26.2 Å². The molecule has 0 N–H and O–H groups in total. The van der Waals surface area contributed by atoms with Crippen LogP contribution in [0.25, 0.3) is 0 Å². The van der Waals surface area contributed by atoms with Crippen molar-refractivity contribution < 1.29 is 17.9 Å². The van der Waals surface area contributed by atoms with Crippen molar-refractivity contribution in [3.05, 3.63) is 23.3 Å². The number of hydrogen-bond donors (Lipinski definition) is 0. The van der Waals surface area contributed by atoms with Crippen LogP contribution in [-0.4, -0.2) is 44.7 Å². The zero-order valence-electron chi connectivity index (χ0n) is 16.5. The smallest absolute Gasteiger partial charge is 0.421 e. The van der Waals surface area contributed by atoms with Crippen LogP contribution in [0.5, 0.6) is 5.75 Å². The van der Waals surface area contributed by atoms with Crippen LogP contribution in [-0.2, 0) is 6.18 Å². The topological polar surface area (TPSA) is 15.7 Å². The highest BCUT2D eigenvalue weighted by Gasteiger charge is 2.40. The maximum Gasteiger partial charge on any atom is 0.421 e. The molecule has 0 spiro atoms. The van der Waals surface area contributed by atoms with Crippen LogP contribution in [0.15, 0.2) is 12.1 Å². The van der Waals surface area contributed by atoms with E-state index in [2.05, 4.69) is 18.7 Å². The molecule has 148 valence electrons. The summed E-state index contributed by atoms with van der Waals surface area (Å²) in [5, 5.41) is 0. The zero-order chi connectivity index (χ0) is 19.5. The number of piperazine rings is 1. The molecule has 0 aliphatic carbocycles. The van der Waals surface area contributed by atoms with Crippen molar-refractivity contribution in [3.8, 4) is 5.75 Å². The normalized spacial score (nSPS) is 16.6. The first kappa shape index (κ1) is 20.9. The number of methoxy groups -OCH3 is 1. The number of alkyl halides is 3. The van der Waals surface area contributed by atoms with Gasteiger partial charge in [0.15, 0.2) is 0 Å². The number of anilines is 1. The van der Waals surface area contributed by atoms with Crippen LogP contribution in [0.2, 0.25) is 0 Å². The predicted molar refractivity (Wildman–Crippen MR) is 100 cm³/mol. The Bertz CT molecular complexity index is 591. The zero-order valence-corrected chi connectivity index (χ0v) is 16.5. The minimum absolute atomic E-state index is 0.0343. The highest BCUT2D eigenvalue weighted by atomic mass is 19.4. The highest BCUT2D eigenvalue weighted by Crippen LogP contribution is 2.46. The molecule has 2 rings (SSSR count). The van der Waals surface area contributed by atoms with E-state index < -0.39 is 11.7 Å². The summed E-state index contributed by atoms with van der Waals surface area (Å²) in [5.41, 5.74) is 0.197. The molecule has 0 bridgehead atoms. The number of benzene rings is 1. The molecule has 1 fully saturated rings. The molecule has 0 radical (unpaired) electrons. The van der Waals surface area contributed by atoms with Crippen molar-refractivity contribution in [1.29, 1.82) is 0 Å². The average molecular weight is 372 g/mol. The number of hydrogen-bond acceptors (Lipinski definition) is 3. The second-order valence-electron chi connectivity index (χ2n) is 7.75. The summed E-state index contributed by atoms with van der Waals surface area (Å²) < 4.78 is 46.8. The van der Waals surface area contributed by atoms with Gasteiger partial charge in [-0.3, -0.25) is 4.90 Å². The number of halogens is 3. The highest BCUT2D eigenvalue weighted by molar-refractivity contribution is 5.64. The molecule has 0 aromatic heterocycles. The van der Waals surface area contributed by atoms with Crippen LogP contribution in [0.1, 0.15) is 51.2 Å². The number of rotatable bonds is 6. The largest absolute Gasteiger partial charge is 0.496 e. The quantitative estimate of drug-likeness (QED) is 0.698. The van der Waals surface area contributed by atoms with E-state index in [0.717, 1.165) is 26.1 Å². The van der Waals surface area contributed by atoms with Gasteiger partial charge >= 0.3 is 6.18 Å². The third-order valence-corrected chi connectivity index (χ3v) is 5.01. The molecule has 1 aromatic rings. The Kier molecular flexibility index (Phi) is 6.83. The van der Waals surface area contributed by atoms with E-state index in [4.69, 9.17) is 4.74 Å². The summed E-state index contributed by atoms with van der Waals surface area (Å²) in [6, 6.07) is 3.39. The van der Waals surface area contributed by atoms with E-state index in [0.29, 0.717) is 24.6 Å². The number of ether oxygens (including phenoxy) is 1. The summed E-state index contributed by atoms with van der Waals surface area (Å²) in [5.74, 6) is 0.568. The lowest BCUT2D eigenvalue weighted by atomic mass is 9.96. The first-order chi connectivity index (χ1) is 12.1. The van der Waals surface area contributed by atoms with Crippen molar-refractivity contribution in [2.24, 2.45) is 5.92 Å². The van der Waals surface area contributed by atoms with Crippen LogP contribution >= 0.6 is 0 Å². The van der Waals surface area contributed by atoms with E-state index in [1.165, 1.54) is 7.11 Å². The standard InChI is InChI=1S/C20H31F3N2O/c1-14(2)8-9-24-10-12-25(13-11-24)17-7-6-16(15(3)4)19(26-5)18(17)20(21,22)23/h6-7,14-15H,8-13H2,1-5H3. The van der Waals surface area contributed by atoms with E-state index >= 15 is 0 Å². The van der Waals surface area contributed by atoms with Crippen LogP contribution in [0.3, 0.4) is 0 Å².